The zero-order chi connectivity index (χ0) is 75.4. The number of nitrogens with zero attached hydrogens (tertiary/aromatic N) is 3. The molecule has 0 radical (unpaired) electrons. The van der Waals surface area contributed by atoms with Crippen molar-refractivity contribution in [3.63, 3.8) is 0 Å². The van der Waals surface area contributed by atoms with E-state index in [2.05, 4.69) is 35.9 Å². The Morgan fingerprint density at radius 2 is 0.696 bits per heavy atom. The first-order chi connectivity index (χ1) is 48.0. The SMILES string of the molecule is Cc1ccc(NC(=O)OCCOC(=O)Oc2ccc([N+](=O)[O-])cc2)cc1Cl.N.NC(=O)OCCOC(=O)Nc1ccc(Cl)c(Cl)c1.O=C(Nc1ccc(Cl)c(Cl)c1)OCCO.O=C(Nc1ccc(Cl)c(Cl)c1)OCCOC(=O)Oc1ccc([N+](=O)[O-])cc1.O=Nc1ccc(Cl)c(Cl)c1.OCCO. The van der Waals surface area contributed by atoms with Gasteiger partial charge in [-0.15, -0.1) is 4.91 Å². The predicted molar refractivity (Wildman–Crippen MR) is 379 cm³/mol. The first kappa shape index (κ1) is 90.3. The minimum Gasteiger partial charge on any atom is -0.447 e. The van der Waals surface area contributed by atoms with Crippen molar-refractivity contribution in [3.05, 3.63) is 215 Å². The average Bonchev–Trinajstić information content (AvgIpc) is 0.937. The number of ether oxygens (including phenoxy) is 9. The number of hydrogen-bond acceptors (Lipinski definition) is 26. The Hall–Kier alpha value is -9.72. The minimum atomic E-state index is -1.04. The maximum Gasteiger partial charge on any atom is 0.513 e. The molecule has 0 aliphatic heterocycles. The van der Waals surface area contributed by atoms with Crippen LogP contribution in [-0.4, -0.2) is 134 Å². The molecule has 0 bridgehead atoms. The zero-order valence-electron chi connectivity index (χ0n) is 52.3. The number of nitrogens with two attached hydrogens (primary N) is 1. The molecule has 7 rings (SSSR count). The summed E-state index contributed by atoms with van der Waals surface area (Å²) in [5, 5.41) is 60.5. The monoisotopic (exact) mass is 1600 g/mol. The molecule has 0 fully saturated rings. The highest BCUT2D eigenvalue weighted by atomic mass is 35.5. The van der Waals surface area contributed by atoms with Crippen molar-refractivity contribution in [2.24, 2.45) is 10.9 Å². The lowest BCUT2D eigenvalue weighted by Crippen LogP contribution is -2.20. The number of nitroso groups, excluding NO2 is 1. The number of carbonyl (C=O) groups is 7. The van der Waals surface area contributed by atoms with E-state index in [9.17, 15) is 58.7 Å². The van der Waals surface area contributed by atoms with Crippen LogP contribution in [0.5, 0.6) is 11.5 Å². The van der Waals surface area contributed by atoms with Gasteiger partial charge in [-0.2, -0.15) is 0 Å². The van der Waals surface area contributed by atoms with Gasteiger partial charge in [0.1, 0.15) is 63.4 Å². The number of aryl methyl sites for hydroxylation is 1. The second kappa shape index (κ2) is 50.6. The molecule has 0 atom stereocenters. The molecule has 0 saturated carbocycles. The number of primary amides is 1. The number of carbonyl (C=O) groups excluding carboxylic acids is 7. The number of aliphatic hydroxyl groups is 3. The Bertz CT molecular complexity index is 3750. The van der Waals surface area contributed by atoms with Gasteiger partial charge in [-0.1, -0.05) is 110 Å². The van der Waals surface area contributed by atoms with Gasteiger partial charge >= 0.3 is 42.8 Å². The number of nitrogens with one attached hydrogen (secondary N) is 4. The summed E-state index contributed by atoms with van der Waals surface area (Å²) in [5.41, 5.74) is 7.36. The zero-order valence-corrected chi connectivity index (χ0v) is 59.1. The van der Waals surface area contributed by atoms with Crippen molar-refractivity contribution in [1.29, 1.82) is 0 Å². The van der Waals surface area contributed by atoms with Crippen LogP contribution in [0.15, 0.2) is 145 Å². The Kier molecular flexibility index (Phi) is 44.8. The smallest absolute Gasteiger partial charge is 0.447 e. The lowest BCUT2D eigenvalue weighted by molar-refractivity contribution is -0.385. The molecule has 7 aromatic rings. The van der Waals surface area contributed by atoms with Gasteiger partial charge in [0.05, 0.1) is 69.8 Å². The summed E-state index contributed by atoms with van der Waals surface area (Å²) in [6.45, 7) is 0.220. The van der Waals surface area contributed by atoms with Gasteiger partial charge in [-0.25, -0.2) is 33.6 Å². The highest BCUT2D eigenvalue weighted by Crippen LogP contribution is 2.29. The molecule has 0 spiro atoms. The third-order valence-electron chi connectivity index (χ3n) is 10.5. The van der Waals surface area contributed by atoms with Gasteiger partial charge in [0.25, 0.3) is 11.4 Å². The summed E-state index contributed by atoms with van der Waals surface area (Å²) >= 11 is 51.6. The van der Waals surface area contributed by atoms with Gasteiger partial charge in [-0.3, -0.25) is 41.5 Å². The second-order valence-corrected chi connectivity index (χ2v) is 21.5. The van der Waals surface area contributed by atoms with Crippen LogP contribution < -0.4 is 42.6 Å². The summed E-state index contributed by atoms with van der Waals surface area (Å²) in [4.78, 5) is 109. The van der Waals surface area contributed by atoms with E-state index in [-0.39, 0.29) is 106 Å². The minimum absolute atomic E-state index is 0. The van der Waals surface area contributed by atoms with E-state index < -0.39 is 52.6 Å². The molecule has 5 amide bonds. The molecule has 550 valence electrons. The lowest BCUT2D eigenvalue weighted by atomic mass is 10.2. The Labute approximate surface area is 622 Å². The van der Waals surface area contributed by atoms with E-state index in [1.807, 2.05) is 6.92 Å². The Balaban J connectivity index is 0.000000649. The maximum absolute atomic E-state index is 11.6. The van der Waals surface area contributed by atoms with Crippen LogP contribution in [0.2, 0.25) is 45.2 Å². The van der Waals surface area contributed by atoms with Crippen LogP contribution in [0, 0.1) is 32.1 Å². The van der Waals surface area contributed by atoms with Crippen LogP contribution in [0.1, 0.15) is 5.56 Å². The van der Waals surface area contributed by atoms with Crippen molar-refractivity contribution < 1.29 is 101 Å². The molecule has 0 unspecified atom stereocenters. The molecule has 42 heteroatoms. The first-order valence-corrected chi connectivity index (χ1v) is 31.0. The highest BCUT2D eigenvalue weighted by molar-refractivity contribution is 6.43. The van der Waals surface area contributed by atoms with E-state index in [4.69, 9.17) is 159 Å². The molecule has 0 heterocycles. The van der Waals surface area contributed by atoms with Crippen LogP contribution in [0.4, 0.5) is 73.4 Å². The summed E-state index contributed by atoms with van der Waals surface area (Å²) in [5.74, 6) is 0.157. The van der Waals surface area contributed by atoms with Crippen LogP contribution >= 0.6 is 104 Å². The van der Waals surface area contributed by atoms with Crippen molar-refractivity contribution in [2.75, 3.05) is 87.3 Å². The fourth-order valence-corrected chi connectivity index (χ4v) is 7.37. The van der Waals surface area contributed by atoms with Crippen molar-refractivity contribution in [2.45, 2.75) is 6.92 Å². The number of halogens is 9. The number of benzene rings is 7. The Morgan fingerprint density at radius 3 is 0.980 bits per heavy atom. The van der Waals surface area contributed by atoms with E-state index in [1.54, 1.807) is 36.4 Å². The Morgan fingerprint density at radius 1 is 0.402 bits per heavy atom. The molecule has 0 saturated heterocycles. The summed E-state index contributed by atoms with van der Waals surface area (Å²) in [6, 6.07) is 32.9. The normalized spacial score (nSPS) is 9.66. The molecule has 102 heavy (non-hydrogen) atoms. The van der Waals surface area contributed by atoms with E-state index in [1.165, 1.54) is 103 Å². The third kappa shape index (κ3) is 39.3. The highest BCUT2D eigenvalue weighted by Gasteiger charge is 2.14. The number of rotatable bonds is 21. The van der Waals surface area contributed by atoms with Gasteiger partial charge in [0, 0.05) is 52.0 Å². The number of nitro benzene ring substituents is 2. The van der Waals surface area contributed by atoms with E-state index in [0.717, 1.165) is 5.56 Å². The largest absolute Gasteiger partial charge is 0.513 e. The number of non-ortho nitro benzene ring substituents is 2. The third-order valence-corrected chi connectivity index (χ3v) is 13.8. The van der Waals surface area contributed by atoms with Gasteiger partial charge < -0.3 is 69.8 Å². The van der Waals surface area contributed by atoms with Crippen molar-refractivity contribution >= 4 is 187 Å². The van der Waals surface area contributed by atoms with E-state index in [0.29, 0.717) is 62.9 Å². The maximum atomic E-state index is 11.6. The average molecular weight is 1610 g/mol. The summed E-state index contributed by atoms with van der Waals surface area (Å²) in [6.07, 6.45) is -5.87. The van der Waals surface area contributed by atoms with Crippen molar-refractivity contribution in [3.8, 4) is 11.5 Å². The topological polar surface area (TPSA) is 488 Å². The second-order valence-electron chi connectivity index (χ2n) is 17.8. The molecule has 0 aliphatic carbocycles. The number of anilines is 4. The molecule has 0 aromatic heterocycles. The lowest BCUT2D eigenvalue weighted by Gasteiger charge is -2.09. The predicted octanol–water partition coefficient (Wildman–Crippen LogP) is 16.7. The first-order valence-electron chi connectivity index (χ1n) is 27.5. The molecule has 7 aromatic carbocycles. The molecule has 12 N–H and O–H groups in total. The molecular formula is C60H58Cl9N9O24. The fourth-order valence-electron chi connectivity index (χ4n) is 6.01. The molecular weight excluding hydrogens is 1550 g/mol. The van der Waals surface area contributed by atoms with Gasteiger partial charge in [-0.05, 0) is 127 Å². The van der Waals surface area contributed by atoms with Crippen LogP contribution in [0.3, 0.4) is 0 Å². The van der Waals surface area contributed by atoms with Crippen molar-refractivity contribution in [1.82, 2.24) is 6.15 Å². The van der Waals surface area contributed by atoms with Crippen LogP contribution in [0.25, 0.3) is 0 Å². The summed E-state index contributed by atoms with van der Waals surface area (Å²) in [7, 11) is 0. The molecule has 33 nitrogen and oxygen atoms in total. The fraction of sp³-hybridized carbons (Fsp3) is 0.183. The van der Waals surface area contributed by atoms with Crippen LogP contribution in [-0.2, 0) is 33.2 Å². The quantitative estimate of drug-likeness (QED) is 0.00613. The summed E-state index contributed by atoms with van der Waals surface area (Å²) < 4.78 is 42.4. The molecule has 0 aliphatic rings. The van der Waals surface area contributed by atoms with Gasteiger partial charge in [0.2, 0.25) is 0 Å². The van der Waals surface area contributed by atoms with Gasteiger partial charge in [0.15, 0.2) is 0 Å². The number of nitro groups is 2. The number of hydrogen-bond donors (Lipinski definition) is 9. The number of amides is 5. The number of aliphatic hydroxyl groups excluding tert-OH is 3. The standard InChI is InChI=1S/C17H15ClN2O7.C16H12Cl2N2O7.C10H10Cl2N2O4.C9H9Cl2NO3.C6H3Cl2NO.C2H6O2.H3N/c1-11-2-3-12(10-15(11)18)19-16(21)25-8-9-26-17(22)27-14-6-4-13(5-7-14)20(23)24;17-13-6-1-10(9-14(13)18)19-15(21)25-7-8-26-16(22)27-12-4-2-11(3-5-12)20(23)24;11-7-2-1-6(5-8(7)12)14-10(16)18-4-3-17-9(13)15;10-7-2-1-6(5-8(7)11)12-9(14)15-4-3-13;7-5-2-1-4(9-10)3-6(5)8;3-1-2-4;/h2-7,10H,8-9H2,1H3,(H,19,21);1-6,9H,7-8H2,(H,19,21);1-2,5H,3-4H2,(H2,13,15)(H,14,16);1-2,5,13H,3-4H2,(H,12,14);1-3H;3-4H,1-2H2;1H3. The van der Waals surface area contributed by atoms with E-state index >= 15 is 0 Å².